The molecule has 98 valence electrons. The van der Waals surface area contributed by atoms with Crippen molar-refractivity contribution in [1.82, 2.24) is 5.32 Å². The van der Waals surface area contributed by atoms with Crippen LogP contribution in [-0.4, -0.2) is 19.0 Å². The quantitative estimate of drug-likeness (QED) is 0.745. The molecule has 0 spiro atoms. The molecule has 2 saturated carbocycles. The van der Waals surface area contributed by atoms with Crippen molar-refractivity contribution in [2.45, 2.75) is 58.3 Å². The molecule has 3 nitrogen and oxygen atoms in total. The summed E-state index contributed by atoms with van der Waals surface area (Å²) in [7, 11) is 0. The Labute approximate surface area is 105 Å². The molecule has 0 aromatic carbocycles. The fourth-order valence-corrected chi connectivity index (χ4v) is 3.25. The lowest BCUT2D eigenvalue weighted by atomic mass is 9.82. The maximum atomic E-state index is 12.3. The number of nitrogens with one attached hydrogen (secondary N) is 1. The SMILES string of the molecule is CCC1(C(=O)NCC2(CCN)CC2)CCCC1. The van der Waals surface area contributed by atoms with E-state index in [1.807, 2.05) is 0 Å². The molecule has 0 saturated heterocycles. The van der Waals surface area contributed by atoms with Crippen molar-refractivity contribution in [3.8, 4) is 0 Å². The zero-order chi connectivity index (χ0) is 12.4. The van der Waals surface area contributed by atoms with Gasteiger partial charge < -0.3 is 11.1 Å². The number of hydrogen-bond acceptors (Lipinski definition) is 2. The lowest BCUT2D eigenvalue weighted by Crippen LogP contribution is -2.41. The van der Waals surface area contributed by atoms with E-state index >= 15 is 0 Å². The summed E-state index contributed by atoms with van der Waals surface area (Å²) in [6.45, 7) is 3.75. The van der Waals surface area contributed by atoms with Gasteiger partial charge in [-0.1, -0.05) is 19.8 Å². The maximum Gasteiger partial charge on any atom is 0.226 e. The van der Waals surface area contributed by atoms with Crippen LogP contribution in [0.25, 0.3) is 0 Å². The van der Waals surface area contributed by atoms with Crippen molar-refractivity contribution in [3.05, 3.63) is 0 Å². The number of hydrogen-bond donors (Lipinski definition) is 2. The molecule has 3 N–H and O–H groups in total. The lowest BCUT2D eigenvalue weighted by molar-refractivity contribution is -0.131. The van der Waals surface area contributed by atoms with Crippen molar-refractivity contribution in [2.24, 2.45) is 16.6 Å². The minimum atomic E-state index is -0.0429. The largest absolute Gasteiger partial charge is 0.355 e. The fourth-order valence-electron chi connectivity index (χ4n) is 3.25. The lowest BCUT2D eigenvalue weighted by Gasteiger charge is -2.27. The van der Waals surface area contributed by atoms with Gasteiger partial charge in [-0.3, -0.25) is 4.79 Å². The maximum absolute atomic E-state index is 12.3. The van der Waals surface area contributed by atoms with Crippen molar-refractivity contribution in [2.75, 3.05) is 13.1 Å². The van der Waals surface area contributed by atoms with Crippen LogP contribution in [0, 0.1) is 10.8 Å². The molecule has 0 bridgehead atoms. The predicted molar refractivity (Wildman–Crippen MR) is 69.5 cm³/mol. The van der Waals surface area contributed by atoms with Gasteiger partial charge in [-0.2, -0.15) is 0 Å². The van der Waals surface area contributed by atoms with Gasteiger partial charge in [-0.25, -0.2) is 0 Å². The first kappa shape index (κ1) is 12.9. The fraction of sp³-hybridized carbons (Fsp3) is 0.929. The normalized spacial score (nSPS) is 24.6. The molecule has 17 heavy (non-hydrogen) atoms. The summed E-state index contributed by atoms with van der Waals surface area (Å²) >= 11 is 0. The molecular weight excluding hydrogens is 212 g/mol. The van der Waals surface area contributed by atoms with Gasteiger partial charge in [0.2, 0.25) is 5.91 Å². The molecule has 2 rings (SSSR count). The Balaban J connectivity index is 1.84. The third kappa shape index (κ3) is 2.65. The number of amides is 1. The molecule has 2 aliphatic rings. The molecule has 0 radical (unpaired) electrons. The summed E-state index contributed by atoms with van der Waals surface area (Å²) in [5, 5.41) is 3.21. The average molecular weight is 238 g/mol. The highest BCUT2D eigenvalue weighted by molar-refractivity contribution is 5.82. The highest BCUT2D eigenvalue weighted by atomic mass is 16.2. The van der Waals surface area contributed by atoms with Crippen molar-refractivity contribution < 1.29 is 4.79 Å². The average Bonchev–Trinajstić information content (AvgIpc) is 2.93. The standard InChI is InChI=1S/C14H26N2O/c1-2-14(5-3-4-6-14)12(17)16-11-13(7-8-13)9-10-15/h2-11,15H2,1H3,(H,16,17). The van der Waals surface area contributed by atoms with Gasteiger partial charge in [0.15, 0.2) is 0 Å². The second-order valence-electron chi connectivity index (χ2n) is 6.06. The number of nitrogens with two attached hydrogens (primary N) is 1. The number of carbonyl (C=O) groups excluding carboxylic acids is 1. The minimum absolute atomic E-state index is 0.0429. The van der Waals surface area contributed by atoms with Crippen LogP contribution >= 0.6 is 0 Å². The van der Waals surface area contributed by atoms with Crippen LogP contribution in [0.15, 0.2) is 0 Å². The zero-order valence-corrected chi connectivity index (χ0v) is 11.1. The van der Waals surface area contributed by atoms with Crippen molar-refractivity contribution in [1.29, 1.82) is 0 Å². The van der Waals surface area contributed by atoms with Gasteiger partial charge in [0.05, 0.1) is 0 Å². The predicted octanol–water partition coefficient (Wildman–Crippen LogP) is 2.20. The van der Waals surface area contributed by atoms with Crippen LogP contribution in [-0.2, 0) is 4.79 Å². The molecule has 0 aromatic heterocycles. The van der Waals surface area contributed by atoms with Crippen LogP contribution in [0.3, 0.4) is 0 Å². The van der Waals surface area contributed by atoms with Crippen LogP contribution in [0.4, 0.5) is 0 Å². The van der Waals surface area contributed by atoms with Crippen LogP contribution < -0.4 is 11.1 Å². The Kier molecular flexibility index (Phi) is 3.76. The monoisotopic (exact) mass is 238 g/mol. The number of carbonyl (C=O) groups is 1. The number of rotatable bonds is 6. The molecule has 0 heterocycles. The Morgan fingerprint density at radius 2 is 1.88 bits per heavy atom. The smallest absolute Gasteiger partial charge is 0.226 e. The van der Waals surface area contributed by atoms with E-state index in [2.05, 4.69) is 12.2 Å². The van der Waals surface area contributed by atoms with E-state index in [4.69, 9.17) is 5.73 Å². The molecule has 0 aromatic rings. The topological polar surface area (TPSA) is 55.1 Å². The van der Waals surface area contributed by atoms with E-state index < -0.39 is 0 Å². The Morgan fingerprint density at radius 1 is 1.24 bits per heavy atom. The van der Waals surface area contributed by atoms with Gasteiger partial charge >= 0.3 is 0 Å². The summed E-state index contributed by atoms with van der Waals surface area (Å²) < 4.78 is 0. The van der Waals surface area contributed by atoms with Crippen LogP contribution in [0.1, 0.15) is 58.3 Å². The third-order valence-electron chi connectivity index (χ3n) is 4.97. The van der Waals surface area contributed by atoms with E-state index in [0.29, 0.717) is 11.3 Å². The van der Waals surface area contributed by atoms with E-state index in [9.17, 15) is 4.79 Å². The highest BCUT2D eigenvalue weighted by Crippen LogP contribution is 2.48. The zero-order valence-electron chi connectivity index (χ0n) is 11.1. The Bertz CT molecular complexity index is 278. The third-order valence-corrected chi connectivity index (χ3v) is 4.97. The van der Waals surface area contributed by atoms with Gasteiger partial charge in [0.25, 0.3) is 0 Å². The molecule has 2 fully saturated rings. The molecule has 0 unspecified atom stereocenters. The summed E-state index contributed by atoms with van der Waals surface area (Å²) in [6, 6.07) is 0. The second kappa shape index (κ2) is 4.97. The van der Waals surface area contributed by atoms with Crippen molar-refractivity contribution >= 4 is 5.91 Å². The van der Waals surface area contributed by atoms with Gasteiger partial charge in [0, 0.05) is 12.0 Å². The first-order valence-corrected chi connectivity index (χ1v) is 7.15. The first-order valence-electron chi connectivity index (χ1n) is 7.15. The Hall–Kier alpha value is -0.570. The van der Waals surface area contributed by atoms with Gasteiger partial charge in [-0.15, -0.1) is 0 Å². The van der Waals surface area contributed by atoms with Crippen LogP contribution in [0.2, 0.25) is 0 Å². The van der Waals surface area contributed by atoms with Gasteiger partial charge in [0.1, 0.15) is 0 Å². The van der Waals surface area contributed by atoms with E-state index in [0.717, 1.165) is 38.8 Å². The molecule has 0 aliphatic heterocycles. The highest BCUT2D eigenvalue weighted by Gasteiger charge is 2.44. The summed E-state index contributed by atoms with van der Waals surface area (Å²) in [5.74, 6) is 0.306. The molecule has 0 atom stereocenters. The van der Waals surface area contributed by atoms with E-state index in [-0.39, 0.29) is 5.41 Å². The summed E-state index contributed by atoms with van der Waals surface area (Å²) in [6.07, 6.45) is 9.13. The second-order valence-corrected chi connectivity index (χ2v) is 6.06. The molecule has 3 heteroatoms. The molecule has 1 amide bonds. The summed E-state index contributed by atoms with van der Waals surface area (Å²) in [5.41, 5.74) is 5.94. The minimum Gasteiger partial charge on any atom is -0.355 e. The van der Waals surface area contributed by atoms with Gasteiger partial charge in [-0.05, 0) is 50.5 Å². The van der Waals surface area contributed by atoms with Crippen molar-refractivity contribution in [3.63, 3.8) is 0 Å². The van der Waals surface area contributed by atoms with E-state index in [1.165, 1.54) is 25.7 Å². The molecule has 2 aliphatic carbocycles. The van der Waals surface area contributed by atoms with Crippen LogP contribution in [0.5, 0.6) is 0 Å². The summed E-state index contributed by atoms with van der Waals surface area (Å²) in [4.78, 5) is 12.3. The Morgan fingerprint density at radius 3 is 2.35 bits per heavy atom. The first-order chi connectivity index (χ1) is 8.16. The van der Waals surface area contributed by atoms with E-state index in [1.54, 1.807) is 0 Å². The molecular formula is C14H26N2O.